The number of aliphatic hydroxyl groups is 1. The number of nitrogens with zero attached hydrogens (tertiary/aromatic N) is 10. The topological polar surface area (TPSA) is 358 Å². The summed E-state index contributed by atoms with van der Waals surface area (Å²) in [6, 6.07) is -1.50. The summed E-state index contributed by atoms with van der Waals surface area (Å²) in [4.78, 5) is 58.9. The second kappa shape index (κ2) is 11.6. The number of aliphatic hydroxyl groups excluding tert-OH is 1. The van der Waals surface area contributed by atoms with Crippen LogP contribution in [0.4, 0.5) is 11.8 Å². The monoisotopic (exact) mass is 699 g/mol. The highest BCUT2D eigenvalue weighted by molar-refractivity contribution is 7.47. The number of nitrogens with two attached hydrogens (primary N) is 2. The molecular formula is C20H23N13O12P2. The molecule has 0 aliphatic carbocycles. The Morgan fingerprint density at radius 2 is 1.57 bits per heavy atom. The predicted octanol–water partition coefficient (Wildman–Crippen LogP) is -1.02. The molecule has 4 aromatic heterocycles. The first-order valence-corrected chi connectivity index (χ1v) is 16.3. The molecule has 3 aliphatic rings. The number of hydrogen-bond acceptors (Lipinski definition) is 18. The third-order valence-corrected chi connectivity index (χ3v) is 9.48. The number of anilines is 2. The fraction of sp³-hybridized carbons (Fsp3) is 0.500. The van der Waals surface area contributed by atoms with E-state index >= 15 is 0 Å². The number of nitrogen functional groups attached to an aromatic ring is 2. The number of hydrogen-bond donors (Lipinski definition) is 6. The summed E-state index contributed by atoms with van der Waals surface area (Å²) >= 11 is 0. The van der Waals surface area contributed by atoms with Gasteiger partial charge in [-0.2, -0.15) is 4.98 Å². The molecule has 3 saturated heterocycles. The summed E-state index contributed by atoms with van der Waals surface area (Å²) in [5, 5.41) is 14.8. The number of azide groups is 1. The summed E-state index contributed by atoms with van der Waals surface area (Å²) in [5.41, 5.74) is 20.1. The Labute approximate surface area is 259 Å². The van der Waals surface area contributed by atoms with Gasteiger partial charge in [-0.05, 0) is 5.53 Å². The molecule has 0 saturated carbocycles. The Balaban J connectivity index is 1.24. The predicted molar refractivity (Wildman–Crippen MR) is 150 cm³/mol. The lowest BCUT2D eigenvalue weighted by molar-refractivity contribution is -0.0670. The van der Waals surface area contributed by atoms with Crippen molar-refractivity contribution in [2.24, 2.45) is 5.11 Å². The molecule has 27 heteroatoms. The first kappa shape index (κ1) is 31.5. The van der Waals surface area contributed by atoms with Crippen molar-refractivity contribution >= 4 is 49.7 Å². The molecule has 4 unspecified atom stereocenters. The summed E-state index contributed by atoms with van der Waals surface area (Å²) in [7, 11) is -10.3. The molecule has 0 amide bonds. The zero-order valence-electron chi connectivity index (χ0n) is 23.3. The van der Waals surface area contributed by atoms with Gasteiger partial charge >= 0.3 is 15.6 Å². The first-order chi connectivity index (χ1) is 22.4. The zero-order chi connectivity index (χ0) is 33.2. The minimum absolute atomic E-state index is 0.0268. The number of phosphoric ester groups is 2. The van der Waals surface area contributed by atoms with Crippen molar-refractivity contribution in [2.45, 2.75) is 49.0 Å². The largest absolute Gasteiger partial charge is 0.472 e. The van der Waals surface area contributed by atoms with Crippen LogP contribution in [0.3, 0.4) is 0 Å². The van der Waals surface area contributed by atoms with Crippen LogP contribution in [0.25, 0.3) is 32.8 Å². The van der Waals surface area contributed by atoms with Gasteiger partial charge in [0.1, 0.15) is 36.3 Å². The number of H-pyrrole nitrogens is 1. The molecule has 3 fully saturated rings. The summed E-state index contributed by atoms with van der Waals surface area (Å²) in [6.07, 6.45) is -7.45. The van der Waals surface area contributed by atoms with E-state index in [1.165, 1.54) is 10.9 Å². The van der Waals surface area contributed by atoms with E-state index in [0.29, 0.717) is 0 Å². The molecule has 47 heavy (non-hydrogen) atoms. The fourth-order valence-electron chi connectivity index (χ4n) is 5.50. The van der Waals surface area contributed by atoms with E-state index < -0.39 is 83.4 Å². The lowest BCUT2D eigenvalue weighted by Crippen LogP contribution is -2.36. The van der Waals surface area contributed by atoms with Gasteiger partial charge in [0.05, 0.1) is 38.0 Å². The van der Waals surface area contributed by atoms with E-state index in [2.05, 4.69) is 39.9 Å². The van der Waals surface area contributed by atoms with Gasteiger partial charge in [-0.15, -0.1) is 0 Å². The average molecular weight is 699 g/mol. The quantitative estimate of drug-likeness (QED) is 0.0644. The normalized spacial score (nSPS) is 36.3. The third-order valence-electron chi connectivity index (χ3n) is 7.51. The minimum atomic E-state index is -5.16. The molecule has 10 atom stereocenters. The van der Waals surface area contributed by atoms with Crippen molar-refractivity contribution < 1.29 is 51.6 Å². The van der Waals surface area contributed by atoms with Crippen molar-refractivity contribution in [3.05, 3.63) is 39.8 Å². The highest BCUT2D eigenvalue weighted by atomic mass is 31.2. The smallest absolute Gasteiger partial charge is 0.386 e. The number of nitrogens with one attached hydrogen (secondary N) is 1. The lowest BCUT2D eigenvalue weighted by Gasteiger charge is -2.26. The van der Waals surface area contributed by atoms with E-state index in [1.807, 2.05) is 0 Å². The molecule has 0 spiro atoms. The van der Waals surface area contributed by atoms with Gasteiger partial charge in [0, 0.05) is 4.91 Å². The van der Waals surface area contributed by atoms with Gasteiger partial charge in [-0.3, -0.25) is 37.0 Å². The average Bonchev–Trinajstić information content (AvgIpc) is 3.76. The second-order valence-electron chi connectivity index (χ2n) is 10.3. The summed E-state index contributed by atoms with van der Waals surface area (Å²) < 4.78 is 61.8. The van der Waals surface area contributed by atoms with Gasteiger partial charge in [-0.1, -0.05) is 5.11 Å². The number of rotatable bonds is 3. The van der Waals surface area contributed by atoms with E-state index in [9.17, 15) is 34.3 Å². The number of fused-ring (bicyclic) bond motifs is 5. The maximum absolute atomic E-state index is 13.4. The van der Waals surface area contributed by atoms with Crippen LogP contribution in [0.2, 0.25) is 0 Å². The molecule has 7 rings (SSSR count). The van der Waals surface area contributed by atoms with Crippen LogP contribution < -0.4 is 17.0 Å². The number of aromatic amines is 1. The molecular weight excluding hydrogens is 676 g/mol. The number of aromatic nitrogens is 8. The lowest BCUT2D eigenvalue weighted by atomic mass is 10.1. The zero-order valence-corrected chi connectivity index (χ0v) is 25.1. The number of imidazole rings is 2. The molecule has 8 N–H and O–H groups in total. The van der Waals surface area contributed by atoms with Crippen LogP contribution in [0, 0.1) is 0 Å². The van der Waals surface area contributed by atoms with Crippen LogP contribution in [0.5, 0.6) is 0 Å². The van der Waals surface area contributed by atoms with Crippen LogP contribution in [0.15, 0.2) is 28.9 Å². The molecule has 250 valence electrons. The van der Waals surface area contributed by atoms with E-state index in [0.717, 1.165) is 17.2 Å². The molecule has 2 bridgehead atoms. The second-order valence-corrected chi connectivity index (χ2v) is 13.2. The Morgan fingerprint density at radius 3 is 2.30 bits per heavy atom. The van der Waals surface area contributed by atoms with Gasteiger partial charge in [0.25, 0.3) is 5.56 Å². The summed E-state index contributed by atoms with van der Waals surface area (Å²) in [6.45, 7) is -1.67. The van der Waals surface area contributed by atoms with Crippen molar-refractivity contribution in [1.29, 1.82) is 0 Å². The number of ether oxygens (including phenoxy) is 2. The fourth-order valence-corrected chi connectivity index (χ4v) is 7.39. The highest BCUT2D eigenvalue weighted by Crippen LogP contribution is 2.54. The van der Waals surface area contributed by atoms with Crippen molar-refractivity contribution in [1.82, 2.24) is 39.0 Å². The van der Waals surface area contributed by atoms with Gasteiger partial charge in [-0.25, -0.2) is 29.1 Å². The van der Waals surface area contributed by atoms with Crippen LogP contribution in [-0.2, 0) is 36.7 Å². The SMILES string of the molecule is [N-]=[N+]=NC1[C@H]2COP(=O)(O)O[C@@H]3C(O)[C@H](n4cnc5c(N)ncnc54)O[C@@H]3COP(=O)(O)O[C@@H]1[C@H](n1cnc3c(=O)[nH]c(N)nc31)O2. The first-order valence-electron chi connectivity index (χ1n) is 13.4. The highest BCUT2D eigenvalue weighted by Gasteiger charge is 2.54. The molecule has 0 aromatic carbocycles. The maximum Gasteiger partial charge on any atom is 0.472 e. The van der Waals surface area contributed by atoms with Gasteiger partial charge in [0.2, 0.25) is 5.95 Å². The number of phosphoric acid groups is 2. The van der Waals surface area contributed by atoms with Gasteiger partial charge in [0.15, 0.2) is 35.1 Å². The third kappa shape index (κ3) is 5.63. The van der Waals surface area contributed by atoms with E-state index in [-0.39, 0.29) is 34.1 Å². The van der Waals surface area contributed by atoms with Crippen molar-refractivity contribution in [3.8, 4) is 0 Å². The van der Waals surface area contributed by atoms with Crippen LogP contribution in [-0.4, -0.2) is 104 Å². The molecule has 0 radical (unpaired) electrons. The Bertz CT molecular complexity index is 2070. The van der Waals surface area contributed by atoms with E-state index in [1.54, 1.807) is 0 Å². The van der Waals surface area contributed by atoms with Crippen molar-refractivity contribution in [2.75, 3.05) is 24.7 Å². The standard InChI is InChI=1S/C20H23N13O12P2/c21-14-9-15(25-3-24-14)32(4-26-9)18-11(34)12-7(43-18)2-41-47(38,39)45-13-8(30-31-23)6(1-40-46(36,37)44-12)42-19(13)33-5-27-10-16(33)28-20(22)29-17(10)35/h3-8,11-13,18-19,34H,1-2H2,(H,36,37)(H,38,39)(H2,21,24,25)(H3,22,28,29,35)/t6-,7-,8?,11?,12+,13+,18-,19-/m1/s1. The van der Waals surface area contributed by atoms with Crippen LogP contribution in [0.1, 0.15) is 12.5 Å². The Kier molecular flexibility index (Phi) is 7.75. The Morgan fingerprint density at radius 1 is 0.936 bits per heavy atom. The van der Waals surface area contributed by atoms with E-state index in [4.69, 9.17) is 39.0 Å². The Hall–Kier alpha value is -4.09. The molecule has 7 heterocycles. The maximum atomic E-state index is 13.4. The molecule has 4 aromatic rings. The molecule has 3 aliphatic heterocycles. The van der Waals surface area contributed by atoms with Crippen LogP contribution >= 0.6 is 15.6 Å². The van der Waals surface area contributed by atoms with Gasteiger partial charge < -0.3 is 35.8 Å². The molecule has 25 nitrogen and oxygen atoms in total. The van der Waals surface area contributed by atoms with Crippen molar-refractivity contribution in [3.63, 3.8) is 0 Å². The minimum Gasteiger partial charge on any atom is -0.386 e. The summed E-state index contributed by atoms with van der Waals surface area (Å²) in [5.74, 6) is -0.270.